The first-order chi connectivity index (χ1) is 27.3. The minimum Gasteiger partial charge on any atom is -0.463 e. The Morgan fingerprint density at radius 1 is 0.500 bits per heavy atom. The fourth-order valence-corrected chi connectivity index (χ4v) is 4.89. The molecule has 0 unspecified atom stereocenters. The maximum Gasteiger partial charge on any atom is 0.365 e. The van der Waals surface area contributed by atoms with Crippen LogP contribution in [0, 0.1) is 0 Å². The molecule has 0 bridgehead atoms. The Bertz CT molecular complexity index is 2160. The van der Waals surface area contributed by atoms with Gasteiger partial charge in [0.1, 0.15) is 0 Å². The lowest BCUT2D eigenvalue weighted by atomic mass is 10.2. The first kappa shape index (κ1) is 38.2. The maximum atomic E-state index is 11.7. The summed E-state index contributed by atoms with van der Waals surface area (Å²) in [7, 11) is 0. The van der Waals surface area contributed by atoms with E-state index in [-0.39, 0.29) is 42.4 Å². The van der Waals surface area contributed by atoms with Crippen LogP contribution in [0.5, 0.6) is 0 Å². The number of ether oxygens (including phenoxy) is 2. The molecule has 6 rings (SSSR count). The number of nitrogens with zero attached hydrogens (tertiary/aromatic N) is 7. The molecular formula is C39H36N10O7. The third-order valence-electron chi connectivity index (χ3n) is 7.40. The largest absolute Gasteiger partial charge is 0.463 e. The summed E-state index contributed by atoms with van der Waals surface area (Å²) in [5.41, 5.74) is 4.32. The van der Waals surface area contributed by atoms with Crippen LogP contribution >= 0.6 is 0 Å². The van der Waals surface area contributed by atoms with Crippen LogP contribution in [0.2, 0.25) is 0 Å². The van der Waals surface area contributed by atoms with E-state index in [1.807, 2.05) is 48.5 Å². The van der Waals surface area contributed by atoms with E-state index in [0.29, 0.717) is 30.3 Å². The summed E-state index contributed by atoms with van der Waals surface area (Å²) in [4.78, 5) is 73.8. The highest BCUT2D eigenvalue weighted by Gasteiger charge is 2.35. The van der Waals surface area contributed by atoms with Crippen molar-refractivity contribution in [2.24, 2.45) is 30.0 Å². The van der Waals surface area contributed by atoms with Crippen molar-refractivity contribution in [3.8, 4) is 0 Å². The molecular weight excluding hydrogens is 720 g/mol. The molecule has 0 amide bonds. The summed E-state index contributed by atoms with van der Waals surface area (Å²) in [6, 6.07) is 21.7. The number of benzene rings is 3. The van der Waals surface area contributed by atoms with Crippen LogP contribution in [0.25, 0.3) is 18.2 Å². The standard InChI is InChI=1S/C39H36N10O7/c1-4-53-31(50)22-13-25-7-16-28(17-8-25)40-34-43-37-44-35(41-29-18-9-26(10-19-29)14-23-32(51)54-5-2)46-39-48-36(47-38(45-34)49(37)39)42-30-20-11-27(12-21-30)15-24-33(52)56-55-6-3/h7-24H,4-6H2,1-3H3,(H3,40,41,42,43,44,45,46,47,48)/b22-13+,23-14+,24-15+. The predicted molar refractivity (Wildman–Crippen MR) is 215 cm³/mol. The fraction of sp³-hybridized carbons (Fsp3) is 0.154. The summed E-state index contributed by atoms with van der Waals surface area (Å²) < 4.78 is 9.89. The number of anilines is 3. The highest BCUT2D eigenvalue weighted by atomic mass is 17.2. The number of aliphatic imine (C=N–C) groups is 6. The minimum atomic E-state index is -0.623. The van der Waals surface area contributed by atoms with Crippen molar-refractivity contribution in [2.75, 3.05) is 35.8 Å². The molecule has 3 heterocycles. The molecule has 3 aromatic rings. The van der Waals surface area contributed by atoms with Crippen molar-refractivity contribution >= 4 is 89.0 Å². The zero-order valence-electron chi connectivity index (χ0n) is 30.5. The first-order valence-corrected chi connectivity index (χ1v) is 17.4. The Kier molecular flexibility index (Phi) is 12.6. The summed E-state index contributed by atoms with van der Waals surface area (Å²) in [5, 5.41) is 9.57. The van der Waals surface area contributed by atoms with Crippen LogP contribution in [0.15, 0.2) is 121 Å². The number of hydrogen-bond acceptors (Lipinski definition) is 17. The second-order valence-corrected chi connectivity index (χ2v) is 11.4. The lowest BCUT2D eigenvalue weighted by Gasteiger charge is -2.30. The second-order valence-electron chi connectivity index (χ2n) is 11.4. The van der Waals surface area contributed by atoms with E-state index in [0.717, 1.165) is 16.7 Å². The Labute approximate surface area is 321 Å². The van der Waals surface area contributed by atoms with E-state index in [4.69, 9.17) is 9.47 Å². The molecule has 0 saturated heterocycles. The van der Waals surface area contributed by atoms with E-state index in [1.165, 1.54) is 23.1 Å². The molecule has 17 nitrogen and oxygen atoms in total. The van der Waals surface area contributed by atoms with Gasteiger partial charge in [-0.15, -0.1) is 0 Å². The third kappa shape index (κ3) is 10.5. The molecule has 3 aliphatic heterocycles. The van der Waals surface area contributed by atoms with Gasteiger partial charge in [0.15, 0.2) is 0 Å². The van der Waals surface area contributed by atoms with E-state index < -0.39 is 17.9 Å². The molecule has 0 aromatic heterocycles. The van der Waals surface area contributed by atoms with Crippen LogP contribution in [0.1, 0.15) is 37.5 Å². The molecule has 3 aromatic carbocycles. The van der Waals surface area contributed by atoms with Gasteiger partial charge in [-0.2, -0.15) is 34.8 Å². The van der Waals surface area contributed by atoms with Crippen molar-refractivity contribution in [3.63, 3.8) is 0 Å². The van der Waals surface area contributed by atoms with Gasteiger partial charge in [-0.1, -0.05) is 36.4 Å². The second kappa shape index (κ2) is 18.5. The highest BCUT2D eigenvalue weighted by molar-refractivity contribution is 6.32. The van der Waals surface area contributed by atoms with Gasteiger partial charge in [0.05, 0.1) is 19.8 Å². The first-order valence-electron chi connectivity index (χ1n) is 17.4. The lowest BCUT2D eigenvalue weighted by Crippen LogP contribution is -2.49. The van der Waals surface area contributed by atoms with Crippen molar-refractivity contribution in [2.45, 2.75) is 20.8 Å². The van der Waals surface area contributed by atoms with E-state index >= 15 is 0 Å². The zero-order valence-corrected chi connectivity index (χ0v) is 30.5. The fourth-order valence-electron chi connectivity index (χ4n) is 4.89. The number of guanidine groups is 6. The quantitative estimate of drug-likeness (QED) is 0.0865. The van der Waals surface area contributed by atoms with E-state index in [2.05, 4.69) is 55.7 Å². The van der Waals surface area contributed by atoms with E-state index in [1.54, 1.807) is 63.3 Å². The zero-order chi connectivity index (χ0) is 39.3. The molecule has 3 aliphatic rings. The maximum absolute atomic E-state index is 11.7. The molecule has 0 saturated carbocycles. The smallest absolute Gasteiger partial charge is 0.365 e. The van der Waals surface area contributed by atoms with Gasteiger partial charge < -0.3 is 25.4 Å². The topological polar surface area (TPSA) is 202 Å². The summed E-state index contributed by atoms with van der Waals surface area (Å²) in [6.07, 6.45) is 8.91. The average molecular weight is 757 g/mol. The van der Waals surface area contributed by atoms with Crippen LogP contribution in [-0.2, 0) is 33.6 Å². The summed E-state index contributed by atoms with van der Waals surface area (Å²) in [5.74, 6) is -0.256. The number of hydrogen-bond donors (Lipinski definition) is 3. The average Bonchev–Trinajstić information content (AvgIpc) is 3.19. The SMILES string of the molecule is CCOOC(=O)/C=C/c1ccc(NC2=NC3=NC(Nc4ccc(/C=C/C(=O)OCC)cc4)=NC4=NC(Nc5ccc(/C=C/C(=O)OCC)cc5)=NC(=N2)N43)cc1. The molecule has 56 heavy (non-hydrogen) atoms. The highest BCUT2D eigenvalue weighted by Crippen LogP contribution is 2.21. The summed E-state index contributed by atoms with van der Waals surface area (Å²) >= 11 is 0. The predicted octanol–water partition coefficient (Wildman–Crippen LogP) is 5.46. The number of rotatable bonds is 13. The van der Waals surface area contributed by atoms with Crippen molar-refractivity contribution < 1.29 is 33.6 Å². The normalized spacial score (nSPS) is 14.5. The Hall–Kier alpha value is -7.53. The van der Waals surface area contributed by atoms with Crippen molar-refractivity contribution in [1.82, 2.24) is 4.90 Å². The molecule has 284 valence electrons. The third-order valence-corrected chi connectivity index (χ3v) is 7.40. The number of esters is 2. The monoisotopic (exact) mass is 756 g/mol. The summed E-state index contributed by atoms with van der Waals surface area (Å²) in [6.45, 7) is 6.05. The lowest BCUT2D eigenvalue weighted by molar-refractivity contribution is -0.264. The molecule has 0 radical (unpaired) electrons. The van der Waals surface area contributed by atoms with Gasteiger partial charge in [0.25, 0.3) is 0 Å². The van der Waals surface area contributed by atoms with Crippen LogP contribution in [0.4, 0.5) is 17.1 Å². The van der Waals surface area contributed by atoms with Crippen molar-refractivity contribution in [3.05, 3.63) is 108 Å². The van der Waals surface area contributed by atoms with Crippen LogP contribution in [0.3, 0.4) is 0 Å². The number of carbonyl (C=O) groups is 3. The van der Waals surface area contributed by atoms with Gasteiger partial charge in [-0.05, 0) is 92.1 Å². The molecule has 0 spiro atoms. The number of nitrogens with one attached hydrogen (secondary N) is 3. The van der Waals surface area contributed by atoms with Crippen LogP contribution in [-0.4, -0.2) is 78.4 Å². The molecule has 3 N–H and O–H groups in total. The van der Waals surface area contributed by atoms with Gasteiger partial charge in [0, 0.05) is 35.3 Å². The molecule has 17 heteroatoms. The molecule has 0 aliphatic carbocycles. The van der Waals surface area contributed by atoms with Crippen molar-refractivity contribution in [1.29, 1.82) is 0 Å². The van der Waals surface area contributed by atoms with Crippen LogP contribution < -0.4 is 16.0 Å². The molecule has 0 fully saturated rings. The Morgan fingerprint density at radius 3 is 1.16 bits per heavy atom. The van der Waals surface area contributed by atoms with Gasteiger partial charge in [-0.3, -0.25) is 4.89 Å². The Balaban J connectivity index is 1.24. The van der Waals surface area contributed by atoms with E-state index in [9.17, 15) is 14.4 Å². The van der Waals surface area contributed by atoms with Gasteiger partial charge in [-0.25, -0.2) is 19.3 Å². The van der Waals surface area contributed by atoms with Gasteiger partial charge in [0.2, 0.25) is 35.8 Å². The van der Waals surface area contributed by atoms with Gasteiger partial charge >= 0.3 is 17.9 Å². The number of carbonyl (C=O) groups excluding carboxylic acids is 3. The molecule has 0 atom stereocenters. The minimum absolute atomic E-state index is 0.194. The Morgan fingerprint density at radius 2 is 0.839 bits per heavy atom.